The Bertz CT molecular complexity index is 774. The molecule has 24 heavy (non-hydrogen) atoms. The van der Waals surface area contributed by atoms with E-state index in [4.69, 9.17) is 0 Å². The zero-order valence-electron chi connectivity index (χ0n) is 15.4. The summed E-state index contributed by atoms with van der Waals surface area (Å²) in [6.45, 7) is 12.1. The molecule has 0 radical (unpaired) electrons. The maximum absolute atomic E-state index is 10.4. The van der Waals surface area contributed by atoms with Gasteiger partial charge in [0.2, 0.25) is 0 Å². The predicted octanol–water partition coefficient (Wildman–Crippen LogP) is 5.71. The molecule has 0 amide bonds. The molecular weight excluding hydrogens is 298 g/mol. The summed E-state index contributed by atoms with van der Waals surface area (Å²) >= 11 is 0. The van der Waals surface area contributed by atoms with Gasteiger partial charge in [0.05, 0.1) is 5.69 Å². The summed E-state index contributed by atoms with van der Waals surface area (Å²) in [5.74, 6) is 1.11. The number of nitrogens with zero attached hydrogens (tertiary/aromatic N) is 1. The van der Waals surface area contributed by atoms with E-state index in [1.54, 1.807) is 12.3 Å². The smallest absolute Gasteiger partial charge is 0.127 e. The molecule has 0 fully saturated rings. The third-order valence-electron chi connectivity index (χ3n) is 4.37. The van der Waals surface area contributed by atoms with E-state index in [1.807, 2.05) is 45.9 Å². The van der Waals surface area contributed by atoms with Crippen molar-refractivity contribution in [3.8, 4) is 11.5 Å². The topological polar surface area (TPSA) is 52.8 Å². The van der Waals surface area contributed by atoms with Gasteiger partial charge < -0.3 is 10.2 Å². The highest BCUT2D eigenvalue weighted by molar-refractivity contribution is 5.88. The van der Waals surface area contributed by atoms with Crippen LogP contribution in [0.4, 0.5) is 5.69 Å². The second-order valence-electron chi connectivity index (χ2n) is 7.00. The van der Waals surface area contributed by atoms with Gasteiger partial charge in [0, 0.05) is 11.8 Å². The average Bonchev–Trinajstić information content (AvgIpc) is 2.49. The summed E-state index contributed by atoms with van der Waals surface area (Å²) in [6.07, 6.45) is 1.74. The van der Waals surface area contributed by atoms with Crippen LogP contribution in [0.3, 0.4) is 0 Å². The van der Waals surface area contributed by atoms with Gasteiger partial charge in [-0.15, -0.1) is 0 Å². The summed E-state index contributed by atoms with van der Waals surface area (Å²) in [6, 6.07) is 7.66. The van der Waals surface area contributed by atoms with Crippen LogP contribution in [0.2, 0.25) is 0 Å². The maximum Gasteiger partial charge on any atom is 0.127 e. The van der Waals surface area contributed by atoms with Crippen LogP contribution < -0.4 is 0 Å². The molecule has 0 aliphatic carbocycles. The molecule has 0 aliphatic heterocycles. The summed E-state index contributed by atoms with van der Waals surface area (Å²) in [5, 5.41) is 20.5. The Labute approximate surface area is 144 Å². The number of hydrogen-bond acceptors (Lipinski definition) is 3. The van der Waals surface area contributed by atoms with Gasteiger partial charge in [0.1, 0.15) is 11.5 Å². The minimum Gasteiger partial charge on any atom is -0.508 e. The number of hydrogen-bond donors (Lipinski definition) is 2. The lowest BCUT2D eigenvalue weighted by Crippen LogP contribution is -1.97. The van der Waals surface area contributed by atoms with E-state index in [2.05, 4.69) is 18.8 Å². The molecule has 128 valence electrons. The van der Waals surface area contributed by atoms with E-state index in [0.29, 0.717) is 11.7 Å². The second kappa shape index (κ2) is 7.08. The lowest BCUT2D eigenvalue weighted by atomic mass is 9.95. The number of aryl methyl sites for hydroxylation is 2. The van der Waals surface area contributed by atoms with Crippen molar-refractivity contribution in [2.24, 2.45) is 4.99 Å². The molecule has 0 saturated heterocycles. The fourth-order valence-corrected chi connectivity index (χ4v) is 2.80. The molecule has 3 nitrogen and oxygen atoms in total. The van der Waals surface area contributed by atoms with Gasteiger partial charge in [0.15, 0.2) is 0 Å². The van der Waals surface area contributed by atoms with Crippen LogP contribution in [0.15, 0.2) is 29.3 Å². The molecule has 0 unspecified atom stereocenters. The van der Waals surface area contributed by atoms with Crippen molar-refractivity contribution in [1.82, 2.24) is 0 Å². The Kier molecular flexibility index (Phi) is 5.33. The number of phenols is 2. The van der Waals surface area contributed by atoms with Gasteiger partial charge in [-0.2, -0.15) is 0 Å². The average molecular weight is 325 g/mol. The summed E-state index contributed by atoms with van der Waals surface area (Å²) in [5.41, 5.74) is 5.28. The predicted molar refractivity (Wildman–Crippen MR) is 101 cm³/mol. The summed E-state index contributed by atoms with van der Waals surface area (Å²) < 4.78 is 0. The van der Waals surface area contributed by atoms with E-state index >= 15 is 0 Å². The summed E-state index contributed by atoms with van der Waals surface area (Å²) in [7, 11) is 0. The van der Waals surface area contributed by atoms with Crippen LogP contribution in [-0.2, 0) is 0 Å². The van der Waals surface area contributed by atoms with Gasteiger partial charge in [-0.3, -0.25) is 4.99 Å². The fourth-order valence-electron chi connectivity index (χ4n) is 2.80. The van der Waals surface area contributed by atoms with E-state index in [-0.39, 0.29) is 11.7 Å². The first-order chi connectivity index (χ1) is 11.2. The second-order valence-corrected chi connectivity index (χ2v) is 7.00. The molecule has 0 aromatic heterocycles. The molecule has 0 spiro atoms. The molecule has 0 heterocycles. The number of benzene rings is 2. The Balaban J connectivity index is 2.53. The van der Waals surface area contributed by atoms with Crippen molar-refractivity contribution in [2.45, 2.75) is 53.4 Å². The lowest BCUT2D eigenvalue weighted by molar-refractivity contribution is 0.464. The third-order valence-corrected chi connectivity index (χ3v) is 4.37. The molecule has 0 atom stereocenters. The SMILES string of the molecule is Cc1cc(O)c(C(C)C)cc1N=Cc1c(C(C)C)ccc(C)c1O. The zero-order chi connectivity index (χ0) is 18.0. The van der Waals surface area contributed by atoms with Crippen LogP contribution >= 0.6 is 0 Å². The third kappa shape index (κ3) is 3.61. The van der Waals surface area contributed by atoms with Crippen LogP contribution in [0.1, 0.15) is 67.3 Å². The Morgan fingerprint density at radius 2 is 1.50 bits per heavy atom. The largest absolute Gasteiger partial charge is 0.508 e. The molecule has 3 heteroatoms. The quantitative estimate of drug-likeness (QED) is 0.707. The molecule has 2 N–H and O–H groups in total. The van der Waals surface area contributed by atoms with E-state index in [0.717, 1.165) is 33.5 Å². The van der Waals surface area contributed by atoms with Crippen molar-refractivity contribution in [1.29, 1.82) is 0 Å². The molecule has 0 aliphatic rings. The van der Waals surface area contributed by atoms with Crippen molar-refractivity contribution >= 4 is 11.9 Å². The van der Waals surface area contributed by atoms with E-state index in [9.17, 15) is 10.2 Å². The van der Waals surface area contributed by atoms with Crippen molar-refractivity contribution < 1.29 is 10.2 Å². The maximum atomic E-state index is 10.4. The first kappa shape index (κ1) is 18.1. The highest BCUT2D eigenvalue weighted by Crippen LogP contribution is 2.34. The number of rotatable bonds is 4. The number of aromatic hydroxyl groups is 2. The van der Waals surface area contributed by atoms with Gasteiger partial charge in [-0.05, 0) is 60.1 Å². The standard InChI is InChI=1S/C21H27NO2/c1-12(2)16-8-7-14(5)21(24)18(16)11-22-19-10-17(13(3)4)20(23)9-15(19)6/h7-13,23-24H,1-6H3. The minimum atomic E-state index is 0.221. The first-order valence-electron chi connectivity index (χ1n) is 8.42. The molecule has 2 aromatic carbocycles. The monoisotopic (exact) mass is 325 g/mol. The van der Waals surface area contributed by atoms with Gasteiger partial charge in [-0.25, -0.2) is 0 Å². The lowest BCUT2D eigenvalue weighted by Gasteiger charge is -2.14. The number of aliphatic imine (C=N–C) groups is 1. The molecule has 0 bridgehead atoms. The Morgan fingerprint density at radius 1 is 0.875 bits per heavy atom. The van der Waals surface area contributed by atoms with Gasteiger partial charge in [-0.1, -0.05) is 39.8 Å². The minimum absolute atomic E-state index is 0.221. The van der Waals surface area contributed by atoms with Crippen LogP contribution in [0, 0.1) is 13.8 Å². The highest BCUT2D eigenvalue weighted by Gasteiger charge is 2.13. The van der Waals surface area contributed by atoms with Crippen molar-refractivity contribution in [3.05, 3.63) is 52.1 Å². The van der Waals surface area contributed by atoms with Crippen LogP contribution in [-0.4, -0.2) is 16.4 Å². The Hall–Kier alpha value is -2.29. The van der Waals surface area contributed by atoms with Crippen molar-refractivity contribution in [2.75, 3.05) is 0 Å². The summed E-state index contributed by atoms with van der Waals surface area (Å²) in [4.78, 5) is 4.61. The molecular formula is C21H27NO2. The molecule has 2 rings (SSSR count). The van der Waals surface area contributed by atoms with E-state index in [1.165, 1.54) is 0 Å². The van der Waals surface area contributed by atoms with Crippen LogP contribution in [0.25, 0.3) is 0 Å². The first-order valence-corrected chi connectivity index (χ1v) is 8.42. The van der Waals surface area contributed by atoms with E-state index < -0.39 is 0 Å². The normalized spacial score (nSPS) is 11.8. The molecule has 0 saturated carbocycles. The molecule has 2 aromatic rings. The van der Waals surface area contributed by atoms with Gasteiger partial charge >= 0.3 is 0 Å². The highest BCUT2D eigenvalue weighted by atomic mass is 16.3. The fraction of sp³-hybridized carbons (Fsp3) is 0.381. The van der Waals surface area contributed by atoms with Gasteiger partial charge in [0.25, 0.3) is 0 Å². The zero-order valence-corrected chi connectivity index (χ0v) is 15.4. The van der Waals surface area contributed by atoms with Crippen molar-refractivity contribution in [3.63, 3.8) is 0 Å². The van der Waals surface area contributed by atoms with Crippen LogP contribution in [0.5, 0.6) is 11.5 Å². The number of phenolic OH excluding ortho intramolecular Hbond substituents is 2. The Morgan fingerprint density at radius 3 is 2.08 bits per heavy atom.